The van der Waals surface area contributed by atoms with Crippen LogP contribution >= 0.6 is 0 Å². The van der Waals surface area contributed by atoms with Gasteiger partial charge >= 0.3 is 0 Å². The fourth-order valence-corrected chi connectivity index (χ4v) is 2.63. The second-order valence-electron chi connectivity index (χ2n) is 6.08. The SMILES string of the molecule is CCCCN(CC)CC(CC)(CC)CNC1CC1. The molecule has 0 saturated heterocycles. The molecule has 0 aromatic heterocycles. The Hall–Kier alpha value is -0.0800. The van der Waals surface area contributed by atoms with Crippen LogP contribution in [-0.4, -0.2) is 37.1 Å². The highest BCUT2D eigenvalue weighted by atomic mass is 15.1. The molecule has 1 fully saturated rings. The predicted molar refractivity (Wildman–Crippen MR) is 81.1 cm³/mol. The molecule has 1 aliphatic carbocycles. The highest BCUT2D eigenvalue weighted by Crippen LogP contribution is 2.29. The monoisotopic (exact) mass is 254 g/mol. The van der Waals surface area contributed by atoms with Crippen molar-refractivity contribution in [3.8, 4) is 0 Å². The molecule has 1 saturated carbocycles. The van der Waals surface area contributed by atoms with Crippen molar-refractivity contribution in [1.29, 1.82) is 0 Å². The first-order valence-corrected chi connectivity index (χ1v) is 8.15. The second kappa shape index (κ2) is 8.16. The van der Waals surface area contributed by atoms with Crippen molar-refractivity contribution in [2.45, 2.75) is 72.3 Å². The van der Waals surface area contributed by atoms with Crippen LogP contribution in [0.5, 0.6) is 0 Å². The molecule has 2 heteroatoms. The van der Waals surface area contributed by atoms with Gasteiger partial charge in [0, 0.05) is 19.1 Å². The van der Waals surface area contributed by atoms with Gasteiger partial charge in [-0.15, -0.1) is 0 Å². The van der Waals surface area contributed by atoms with Crippen molar-refractivity contribution in [3.05, 3.63) is 0 Å². The number of nitrogens with one attached hydrogen (secondary N) is 1. The van der Waals surface area contributed by atoms with E-state index in [1.54, 1.807) is 0 Å². The summed E-state index contributed by atoms with van der Waals surface area (Å²) in [6.45, 7) is 14.3. The van der Waals surface area contributed by atoms with Gasteiger partial charge in [0.1, 0.15) is 0 Å². The number of nitrogens with zero attached hydrogens (tertiary/aromatic N) is 1. The topological polar surface area (TPSA) is 15.3 Å². The normalized spacial score (nSPS) is 16.5. The zero-order chi connectivity index (χ0) is 13.4. The second-order valence-corrected chi connectivity index (χ2v) is 6.08. The molecule has 2 nitrogen and oxygen atoms in total. The number of hydrogen-bond donors (Lipinski definition) is 1. The molecule has 0 aromatic rings. The van der Waals surface area contributed by atoms with E-state index in [4.69, 9.17) is 0 Å². The van der Waals surface area contributed by atoms with Crippen molar-refractivity contribution < 1.29 is 0 Å². The van der Waals surface area contributed by atoms with Gasteiger partial charge in [0.15, 0.2) is 0 Å². The number of hydrogen-bond acceptors (Lipinski definition) is 2. The zero-order valence-electron chi connectivity index (χ0n) is 13.1. The maximum Gasteiger partial charge on any atom is 0.00684 e. The van der Waals surface area contributed by atoms with Gasteiger partial charge in [0.25, 0.3) is 0 Å². The summed E-state index contributed by atoms with van der Waals surface area (Å²) < 4.78 is 0. The van der Waals surface area contributed by atoms with Crippen LogP contribution in [0.2, 0.25) is 0 Å². The van der Waals surface area contributed by atoms with E-state index in [0.29, 0.717) is 5.41 Å². The highest BCUT2D eigenvalue weighted by molar-refractivity contribution is 4.88. The number of rotatable bonds is 11. The summed E-state index contributed by atoms with van der Waals surface area (Å²) in [5, 5.41) is 3.76. The summed E-state index contributed by atoms with van der Waals surface area (Å²) in [7, 11) is 0. The van der Waals surface area contributed by atoms with Gasteiger partial charge in [-0.1, -0.05) is 34.1 Å². The fraction of sp³-hybridized carbons (Fsp3) is 1.00. The molecule has 108 valence electrons. The minimum atomic E-state index is 0.492. The molecule has 0 heterocycles. The van der Waals surface area contributed by atoms with E-state index in [1.807, 2.05) is 0 Å². The molecule has 1 N–H and O–H groups in total. The molecule has 1 aliphatic rings. The van der Waals surface area contributed by atoms with E-state index in [1.165, 1.54) is 64.7 Å². The van der Waals surface area contributed by atoms with Gasteiger partial charge in [-0.3, -0.25) is 0 Å². The Morgan fingerprint density at radius 1 is 1.11 bits per heavy atom. The van der Waals surface area contributed by atoms with Crippen molar-refractivity contribution >= 4 is 0 Å². The van der Waals surface area contributed by atoms with E-state index in [2.05, 4.69) is 37.9 Å². The molecule has 0 unspecified atom stereocenters. The third-order valence-corrected chi connectivity index (χ3v) is 4.68. The molecule has 0 aliphatic heterocycles. The lowest BCUT2D eigenvalue weighted by atomic mass is 9.81. The van der Waals surface area contributed by atoms with Gasteiger partial charge in [0.2, 0.25) is 0 Å². The summed E-state index contributed by atoms with van der Waals surface area (Å²) in [4.78, 5) is 2.66. The molecule has 1 rings (SSSR count). The average molecular weight is 254 g/mol. The van der Waals surface area contributed by atoms with E-state index < -0.39 is 0 Å². The quantitative estimate of drug-likeness (QED) is 0.605. The first-order valence-electron chi connectivity index (χ1n) is 8.15. The smallest absolute Gasteiger partial charge is 0.00684 e. The Balaban J connectivity index is 2.45. The predicted octanol–water partition coefficient (Wildman–Crippen LogP) is 3.67. The van der Waals surface area contributed by atoms with Crippen molar-refractivity contribution in [2.24, 2.45) is 5.41 Å². The summed E-state index contributed by atoms with van der Waals surface area (Å²) in [5.74, 6) is 0. The van der Waals surface area contributed by atoms with Gasteiger partial charge in [-0.2, -0.15) is 0 Å². The Labute approximate surface area is 115 Å². The average Bonchev–Trinajstić information content (AvgIpc) is 3.23. The van der Waals surface area contributed by atoms with Gasteiger partial charge in [0.05, 0.1) is 0 Å². The van der Waals surface area contributed by atoms with Crippen LogP contribution < -0.4 is 5.32 Å². The number of unbranched alkanes of at least 4 members (excludes halogenated alkanes) is 1. The Morgan fingerprint density at radius 3 is 2.22 bits per heavy atom. The molecule has 0 atom stereocenters. The van der Waals surface area contributed by atoms with Gasteiger partial charge in [-0.25, -0.2) is 0 Å². The van der Waals surface area contributed by atoms with E-state index in [9.17, 15) is 0 Å². The minimum absolute atomic E-state index is 0.492. The lowest BCUT2D eigenvalue weighted by molar-refractivity contribution is 0.137. The molecule has 0 spiro atoms. The zero-order valence-corrected chi connectivity index (χ0v) is 13.1. The van der Waals surface area contributed by atoms with Crippen LogP contribution in [0.25, 0.3) is 0 Å². The van der Waals surface area contributed by atoms with E-state index in [-0.39, 0.29) is 0 Å². The van der Waals surface area contributed by atoms with Crippen LogP contribution in [0, 0.1) is 5.41 Å². The Kier molecular flexibility index (Phi) is 7.25. The molecule has 0 aromatic carbocycles. The first-order chi connectivity index (χ1) is 8.69. The molecule has 18 heavy (non-hydrogen) atoms. The first kappa shape index (κ1) is 16.0. The summed E-state index contributed by atoms with van der Waals surface area (Å²) in [5.41, 5.74) is 0.492. The van der Waals surface area contributed by atoms with Gasteiger partial charge < -0.3 is 10.2 Å². The Morgan fingerprint density at radius 2 is 1.78 bits per heavy atom. The van der Waals surface area contributed by atoms with Gasteiger partial charge in [-0.05, 0) is 50.6 Å². The highest BCUT2D eigenvalue weighted by Gasteiger charge is 2.31. The summed E-state index contributed by atoms with van der Waals surface area (Å²) in [6.07, 6.45) is 8.04. The van der Waals surface area contributed by atoms with Crippen LogP contribution in [0.15, 0.2) is 0 Å². The van der Waals surface area contributed by atoms with Crippen LogP contribution in [-0.2, 0) is 0 Å². The van der Waals surface area contributed by atoms with Crippen LogP contribution in [0.4, 0.5) is 0 Å². The largest absolute Gasteiger partial charge is 0.313 e. The Bertz CT molecular complexity index is 207. The minimum Gasteiger partial charge on any atom is -0.313 e. The van der Waals surface area contributed by atoms with Crippen LogP contribution in [0.1, 0.15) is 66.2 Å². The van der Waals surface area contributed by atoms with Crippen molar-refractivity contribution in [3.63, 3.8) is 0 Å². The summed E-state index contributed by atoms with van der Waals surface area (Å²) >= 11 is 0. The maximum absolute atomic E-state index is 3.76. The maximum atomic E-state index is 3.76. The van der Waals surface area contributed by atoms with E-state index in [0.717, 1.165) is 6.04 Å². The molecular formula is C16H34N2. The third-order valence-electron chi connectivity index (χ3n) is 4.68. The molecule has 0 radical (unpaired) electrons. The van der Waals surface area contributed by atoms with Crippen molar-refractivity contribution in [2.75, 3.05) is 26.2 Å². The lowest BCUT2D eigenvalue weighted by Crippen LogP contribution is -2.44. The lowest BCUT2D eigenvalue weighted by Gasteiger charge is -2.37. The molecule has 0 bridgehead atoms. The summed E-state index contributed by atoms with van der Waals surface area (Å²) in [6, 6.07) is 0.841. The fourth-order valence-electron chi connectivity index (χ4n) is 2.63. The van der Waals surface area contributed by atoms with Crippen molar-refractivity contribution in [1.82, 2.24) is 10.2 Å². The third kappa shape index (κ3) is 5.27. The van der Waals surface area contributed by atoms with Crippen LogP contribution in [0.3, 0.4) is 0 Å². The standard InChI is InChI=1S/C16H34N2/c1-5-9-12-18(8-4)14-16(6-2,7-3)13-17-15-10-11-15/h15,17H,5-14H2,1-4H3. The molecule has 0 amide bonds. The van der Waals surface area contributed by atoms with E-state index >= 15 is 0 Å². The molecular weight excluding hydrogens is 220 g/mol.